The molecule has 0 saturated carbocycles. The second-order valence-electron chi connectivity index (χ2n) is 6.70. The molecule has 2 heterocycles. The Labute approximate surface area is 161 Å². The van der Waals surface area contributed by atoms with Crippen molar-refractivity contribution in [2.75, 3.05) is 31.8 Å². The fourth-order valence-corrected chi connectivity index (χ4v) is 3.83. The van der Waals surface area contributed by atoms with E-state index in [4.69, 9.17) is 14.2 Å². The normalized spacial score (nSPS) is 18.0. The summed E-state index contributed by atoms with van der Waals surface area (Å²) in [7, 11) is 1.27. The fraction of sp³-hybridized carbons (Fsp3) is 0.350. The lowest BCUT2D eigenvalue weighted by atomic mass is 10.0. The van der Waals surface area contributed by atoms with Gasteiger partial charge in [0.15, 0.2) is 11.5 Å². The Kier molecular flexibility index (Phi) is 4.77. The summed E-state index contributed by atoms with van der Waals surface area (Å²) in [5.74, 6) is 0.851. The largest absolute Gasteiger partial charge is 0.486 e. The molecule has 2 aliphatic heterocycles. The standard InChI is InChI=1S/C20H20N2O6/c1-26-20(23)15-12-14(22(24)25)5-6-17(15)21-8-2-3-16(21)13-4-7-18-19(11-13)28-10-9-27-18/h4-7,11-12,16H,2-3,8-10H2,1H3. The van der Waals surface area contributed by atoms with Crippen LogP contribution in [0.4, 0.5) is 11.4 Å². The van der Waals surface area contributed by atoms with Gasteiger partial charge in [-0.2, -0.15) is 0 Å². The van der Waals surface area contributed by atoms with E-state index in [1.165, 1.54) is 19.2 Å². The molecule has 2 aromatic carbocycles. The number of nitro benzene ring substituents is 1. The van der Waals surface area contributed by atoms with Crippen molar-refractivity contribution in [3.63, 3.8) is 0 Å². The van der Waals surface area contributed by atoms with E-state index in [2.05, 4.69) is 4.90 Å². The van der Waals surface area contributed by atoms with Crippen molar-refractivity contribution >= 4 is 17.3 Å². The van der Waals surface area contributed by atoms with Gasteiger partial charge in [0.25, 0.3) is 5.69 Å². The number of ether oxygens (including phenoxy) is 3. The Morgan fingerprint density at radius 1 is 1.18 bits per heavy atom. The van der Waals surface area contributed by atoms with E-state index < -0.39 is 10.9 Å². The lowest BCUT2D eigenvalue weighted by Gasteiger charge is -2.29. The highest BCUT2D eigenvalue weighted by Gasteiger charge is 2.31. The summed E-state index contributed by atoms with van der Waals surface area (Å²) in [5, 5.41) is 11.1. The van der Waals surface area contributed by atoms with Gasteiger partial charge in [-0.05, 0) is 36.6 Å². The fourth-order valence-electron chi connectivity index (χ4n) is 3.83. The number of nitro groups is 1. The van der Waals surface area contributed by atoms with E-state index in [9.17, 15) is 14.9 Å². The number of esters is 1. The summed E-state index contributed by atoms with van der Waals surface area (Å²) in [5.41, 5.74) is 1.74. The van der Waals surface area contributed by atoms with Crippen molar-refractivity contribution in [1.82, 2.24) is 0 Å². The first-order valence-corrected chi connectivity index (χ1v) is 9.11. The maximum atomic E-state index is 12.3. The number of fused-ring (bicyclic) bond motifs is 1. The maximum absolute atomic E-state index is 12.3. The molecular weight excluding hydrogens is 364 g/mol. The van der Waals surface area contributed by atoms with Crippen LogP contribution in [0.3, 0.4) is 0 Å². The summed E-state index contributed by atoms with van der Waals surface area (Å²) < 4.78 is 16.1. The molecule has 2 aliphatic rings. The minimum Gasteiger partial charge on any atom is -0.486 e. The van der Waals surface area contributed by atoms with Crippen LogP contribution in [0.25, 0.3) is 0 Å². The molecule has 0 amide bonds. The molecule has 0 spiro atoms. The van der Waals surface area contributed by atoms with Crippen molar-refractivity contribution in [2.45, 2.75) is 18.9 Å². The van der Waals surface area contributed by atoms with Gasteiger partial charge in [0, 0.05) is 18.7 Å². The van der Waals surface area contributed by atoms with Crippen LogP contribution < -0.4 is 14.4 Å². The highest BCUT2D eigenvalue weighted by Crippen LogP contribution is 2.41. The molecule has 0 aromatic heterocycles. The number of carbonyl (C=O) groups is 1. The molecule has 8 heteroatoms. The van der Waals surface area contributed by atoms with Gasteiger partial charge in [0.05, 0.1) is 29.3 Å². The maximum Gasteiger partial charge on any atom is 0.340 e. The van der Waals surface area contributed by atoms with E-state index in [0.717, 1.165) is 30.7 Å². The summed E-state index contributed by atoms with van der Waals surface area (Å²) in [4.78, 5) is 25.0. The number of anilines is 1. The molecule has 28 heavy (non-hydrogen) atoms. The minimum absolute atomic E-state index is 0.0284. The molecule has 146 valence electrons. The third-order valence-corrected chi connectivity index (χ3v) is 5.11. The zero-order valence-electron chi connectivity index (χ0n) is 15.4. The lowest BCUT2D eigenvalue weighted by molar-refractivity contribution is -0.384. The van der Waals surface area contributed by atoms with Crippen molar-refractivity contribution in [1.29, 1.82) is 0 Å². The van der Waals surface area contributed by atoms with Crippen LogP contribution in [0, 0.1) is 10.1 Å². The van der Waals surface area contributed by atoms with Crippen molar-refractivity contribution < 1.29 is 23.9 Å². The van der Waals surface area contributed by atoms with Gasteiger partial charge in [0.1, 0.15) is 13.2 Å². The lowest BCUT2D eigenvalue weighted by Crippen LogP contribution is -2.25. The molecule has 0 aliphatic carbocycles. The third-order valence-electron chi connectivity index (χ3n) is 5.11. The second-order valence-corrected chi connectivity index (χ2v) is 6.70. The topological polar surface area (TPSA) is 91.1 Å². The first-order chi connectivity index (χ1) is 13.6. The predicted octanol–water partition coefficient (Wildman–Crippen LogP) is 3.49. The van der Waals surface area contributed by atoms with E-state index >= 15 is 0 Å². The third kappa shape index (κ3) is 3.21. The van der Waals surface area contributed by atoms with Gasteiger partial charge < -0.3 is 19.1 Å². The number of benzene rings is 2. The number of carbonyl (C=O) groups excluding carboxylic acids is 1. The van der Waals surface area contributed by atoms with Gasteiger partial charge in [0.2, 0.25) is 0 Å². The Morgan fingerprint density at radius 2 is 1.96 bits per heavy atom. The predicted molar refractivity (Wildman–Crippen MR) is 101 cm³/mol. The molecule has 0 N–H and O–H groups in total. The summed E-state index contributed by atoms with van der Waals surface area (Å²) in [6, 6.07) is 10.2. The van der Waals surface area contributed by atoms with Crippen molar-refractivity contribution in [3.05, 3.63) is 57.6 Å². The van der Waals surface area contributed by atoms with Crippen LogP contribution in [0.2, 0.25) is 0 Å². The highest BCUT2D eigenvalue weighted by atomic mass is 16.6. The molecule has 1 atom stereocenters. The number of hydrogen-bond acceptors (Lipinski definition) is 7. The second kappa shape index (κ2) is 7.38. The molecule has 0 bridgehead atoms. The summed E-state index contributed by atoms with van der Waals surface area (Å²) in [6.45, 7) is 1.79. The van der Waals surface area contributed by atoms with Crippen LogP contribution in [0.1, 0.15) is 34.8 Å². The first-order valence-electron chi connectivity index (χ1n) is 9.11. The number of non-ortho nitro benzene ring substituents is 1. The number of nitrogens with zero attached hydrogens (tertiary/aromatic N) is 2. The van der Waals surface area contributed by atoms with E-state index in [1.807, 2.05) is 18.2 Å². The average Bonchev–Trinajstić information content (AvgIpc) is 3.22. The van der Waals surface area contributed by atoms with Crippen LogP contribution in [0.5, 0.6) is 11.5 Å². The van der Waals surface area contributed by atoms with Gasteiger partial charge >= 0.3 is 5.97 Å². The molecule has 1 unspecified atom stereocenters. The monoisotopic (exact) mass is 384 g/mol. The van der Waals surface area contributed by atoms with Crippen LogP contribution in [0.15, 0.2) is 36.4 Å². The Balaban J connectivity index is 1.72. The Morgan fingerprint density at radius 3 is 2.71 bits per heavy atom. The number of hydrogen-bond donors (Lipinski definition) is 0. The van der Waals surface area contributed by atoms with Crippen LogP contribution in [-0.2, 0) is 4.74 Å². The van der Waals surface area contributed by atoms with Gasteiger partial charge in [-0.3, -0.25) is 10.1 Å². The van der Waals surface area contributed by atoms with Crippen LogP contribution in [-0.4, -0.2) is 37.8 Å². The smallest absolute Gasteiger partial charge is 0.340 e. The minimum atomic E-state index is -0.591. The zero-order valence-corrected chi connectivity index (χ0v) is 15.4. The summed E-state index contributed by atoms with van der Waals surface area (Å²) in [6.07, 6.45) is 1.84. The molecule has 0 radical (unpaired) electrons. The SMILES string of the molecule is COC(=O)c1cc([N+](=O)[O-])ccc1N1CCCC1c1ccc2c(c1)OCCO2. The average molecular weight is 384 g/mol. The first kappa shape index (κ1) is 18.1. The van der Waals surface area contributed by atoms with E-state index in [0.29, 0.717) is 24.7 Å². The van der Waals surface area contributed by atoms with Gasteiger partial charge in [-0.1, -0.05) is 6.07 Å². The molecule has 1 fully saturated rings. The molecule has 8 nitrogen and oxygen atoms in total. The number of rotatable bonds is 4. The highest BCUT2D eigenvalue weighted by molar-refractivity contribution is 5.96. The van der Waals surface area contributed by atoms with Crippen LogP contribution >= 0.6 is 0 Å². The number of methoxy groups -OCH3 is 1. The van der Waals surface area contributed by atoms with Gasteiger partial charge in [-0.25, -0.2) is 4.79 Å². The summed E-state index contributed by atoms with van der Waals surface area (Å²) >= 11 is 0. The van der Waals surface area contributed by atoms with E-state index in [-0.39, 0.29) is 17.3 Å². The van der Waals surface area contributed by atoms with Gasteiger partial charge in [-0.15, -0.1) is 0 Å². The molecule has 1 saturated heterocycles. The van der Waals surface area contributed by atoms with Crippen molar-refractivity contribution in [2.24, 2.45) is 0 Å². The molecule has 4 rings (SSSR count). The molecular formula is C20H20N2O6. The Bertz CT molecular complexity index is 929. The Hall–Kier alpha value is -3.29. The van der Waals surface area contributed by atoms with E-state index in [1.54, 1.807) is 6.07 Å². The zero-order chi connectivity index (χ0) is 19.7. The molecule has 2 aromatic rings. The quantitative estimate of drug-likeness (QED) is 0.453. The van der Waals surface area contributed by atoms with Crippen molar-refractivity contribution in [3.8, 4) is 11.5 Å².